The van der Waals surface area contributed by atoms with Crippen molar-refractivity contribution >= 4 is 29.5 Å². The highest BCUT2D eigenvalue weighted by Gasteiger charge is 2.28. The summed E-state index contributed by atoms with van der Waals surface area (Å²) in [4.78, 5) is 39.7. The van der Waals surface area contributed by atoms with Gasteiger partial charge in [0.05, 0.1) is 12.5 Å². The van der Waals surface area contributed by atoms with Gasteiger partial charge in [-0.15, -0.1) is 0 Å². The average Bonchev–Trinajstić information content (AvgIpc) is 2.68. The summed E-state index contributed by atoms with van der Waals surface area (Å²) in [6.45, 7) is 1.49. The molecule has 0 aromatic heterocycles. The van der Waals surface area contributed by atoms with Crippen LogP contribution < -0.4 is 5.32 Å². The van der Waals surface area contributed by atoms with Crippen molar-refractivity contribution in [2.24, 2.45) is 0 Å². The molecule has 0 spiro atoms. The van der Waals surface area contributed by atoms with Crippen molar-refractivity contribution in [2.75, 3.05) is 19.4 Å². The van der Waals surface area contributed by atoms with Gasteiger partial charge in [0.25, 0.3) is 5.91 Å². The molecule has 0 fully saturated rings. The highest BCUT2D eigenvalue weighted by molar-refractivity contribution is 5.96. The third-order valence-electron chi connectivity index (χ3n) is 4.67. The van der Waals surface area contributed by atoms with Crippen molar-refractivity contribution in [2.45, 2.75) is 19.4 Å². The third kappa shape index (κ3) is 4.11. The van der Waals surface area contributed by atoms with Crippen LogP contribution in [0.4, 0.5) is 5.69 Å². The molecule has 3 rings (SSSR count). The Morgan fingerprint density at radius 2 is 1.71 bits per heavy atom. The van der Waals surface area contributed by atoms with Crippen molar-refractivity contribution in [1.82, 2.24) is 9.80 Å². The van der Waals surface area contributed by atoms with Gasteiger partial charge in [-0.2, -0.15) is 0 Å². The lowest BCUT2D eigenvalue weighted by Gasteiger charge is -2.32. The second-order valence-electron chi connectivity index (χ2n) is 6.92. The Balaban J connectivity index is 1.73. The van der Waals surface area contributed by atoms with Crippen LogP contribution in [0, 0.1) is 0 Å². The van der Waals surface area contributed by atoms with Crippen LogP contribution in [-0.4, -0.2) is 41.6 Å². The summed E-state index contributed by atoms with van der Waals surface area (Å²) in [7, 11) is 3.38. The number of nitrogens with one attached hydrogen (secondary N) is 1. The molecule has 2 aromatic rings. The first-order valence-electron chi connectivity index (χ1n) is 9.04. The Morgan fingerprint density at radius 1 is 1.04 bits per heavy atom. The third-order valence-corrected chi connectivity index (χ3v) is 4.67. The second-order valence-corrected chi connectivity index (χ2v) is 6.92. The van der Waals surface area contributed by atoms with E-state index in [0.717, 1.165) is 11.1 Å². The van der Waals surface area contributed by atoms with Crippen molar-refractivity contribution in [3.05, 3.63) is 71.4 Å². The molecule has 1 aliphatic heterocycles. The van der Waals surface area contributed by atoms with Gasteiger partial charge in [-0.1, -0.05) is 24.3 Å². The zero-order valence-electron chi connectivity index (χ0n) is 16.2. The molecular formula is C22H23N3O3. The minimum atomic E-state index is -0.353. The minimum absolute atomic E-state index is 0.0967. The van der Waals surface area contributed by atoms with Gasteiger partial charge in [0.2, 0.25) is 11.8 Å². The van der Waals surface area contributed by atoms with E-state index in [9.17, 15) is 14.4 Å². The van der Waals surface area contributed by atoms with E-state index in [2.05, 4.69) is 5.32 Å². The number of hydrogen-bond donors (Lipinski definition) is 1. The van der Waals surface area contributed by atoms with Crippen LogP contribution in [0.15, 0.2) is 54.7 Å². The lowest BCUT2D eigenvalue weighted by atomic mass is 9.93. The molecule has 3 amide bonds. The highest BCUT2D eigenvalue weighted by Crippen LogP contribution is 2.33. The minimum Gasteiger partial charge on any atom is -0.345 e. The van der Waals surface area contributed by atoms with E-state index in [1.165, 1.54) is 11.8 Å². The van der Waals surface area contributed by atoms with Gasteiger partial charge in [0.1, 0.15) is 0 Å². The van der Waals surface area contributed by atoms with Crippen LogP contribution in [0.1, 0.15) is 40.9 Å². The summed E-state index contributed by atoms with van der Waals surface area (Å²) in [5, 5.41) is 2.85. The first-order chi connectivity index (χ1) is 13.4. The highest BCUT2D eigenvalue weighted by atomic mass is 16.2. The maximum atomic E-state index is 12.6. The molecule has 1 heterocycles. The SMILES string of the molecule is CC(=O)N1C=Cc2ccccc2C1CC(=O)Nc1ccc(C(=O)N(C)C)cc1. The summed E-state index contributed by atoms with van der Waals surface area (Å²) in [6.07, 6.45) is 3.75. The molecule has 0 saturated heterocycles. The Bertz CT molecular complexity index is 932. The molecule has 0 saturated carbocycles. The van der Waals surface area contributed by atoms with Crippen molar-refractivity contribution in [1.29, 1.82) is 0 Å². The topological polar surface area (TPSA) is 69.7 Å². The van der Waals surface area contributed by atoms with E-state index >= 15 is 0 Å². The molecule has 6 heteroatoms. The maximum Gasteiger partial charge on any atom is 0.253 e. The average molecular weight is 377 g/mol. The van der Waals surface area contributed by atoms with E-state index < -0.39 is 0 Å². The number of nitrogens with zero attached hydrogens (tertiary/aromatic N) is 2. The molecular weight excluding hydrogens is 354 g/mol. The predicted molar refractivity (Wildman–Crippen MR) is 108 cm³/mol. The molecule has 144 valence electrons. The van der Waals surface area contributed by atoms with Gasteiger partial charge in [-0.3, -0.25) is 14.4 Å². The first kappa shape index (κ1) is 19.4. The fraction of sp³-hybridized carbons (Fsp3) is 0.227. The molecule has 1 atom stereocenters. The Morgan fingerprint density at radius 3 is 2.36 bits per heavy atom. The lowest BCUT2D eigenvalue weighted by molar-refractivity contribution is -0.129. The number of carbonyl (C=O) groups is 3. The summed E-state index contributed by atoms with van der Waals surface area (Å²) in [5.41, 5.74) is 3.11. The van der Waals surface area contributed by atoms with E-state index in [-0.39, 0.29) is 30.2 Å². The number of benzene rings is 2. The van der Waals surface area contributed by atoms with Crippen LogP contribution in [0.25, 0.3) is 6.08 Å². The van der Waals surface area contributed by atoms with E-state index in [1.807, 2.05) is 30.3 Å². The van der Waals surface area contributed by atoms with Gasteiger partial charge in [0, 0.05) is 38.5 Å². The lowest BCUT2D eigenvalue weighted by Crippen LogP contribution is -2.33. The van der Waals surface area contributed by atoms with Crippen LogP contribution in [0.3, 0.4) is 0 Å². The molecule has 2 aromatic carbocycles. The largest absolute Gasteiger partial charge is 0.345 e. The quantitative estimate of drug-likeness (QED) is 0.889. The molecule has 1 aliphatic rings. The molecule has 6 nitrogen and oxygen atoms in total. The van der Waals surface area contributed by atoms with Gasteiger partial charge >= 0.3 is 0 Å². The Hall–Kier alpha value is -3.41. The van der Waals surface area contributed by atoms with Crippen molar-refractivity contribution in [3.63, 3.8) is 0 Å². The summed E-state index contributed by atoms with van der Waals surface area (Å²) in [6, 6.07) is 14.1. The van der Waals surface area contributed by atoms with Crippen molar-refractivity contribution in [3.8, 4) is 0 Å². The summed E-state index contributed by atoms with van der Waals surface area (Å²) < 4.78 is 0. The molecule has 1 unspecified atom stereocenters. The predicted octanol–water partition coefficient (Wildman–Crippen LogP) is 3.29. The zero-order valence-corrected chi connectivity index (χ0v) is 16.2. The Labute approximate surface area is 164 Å². The molecule has 0 radical (unpaired) electrons. The standard InChI is InChI=1S/C22H23N3O3/c1-15(26)25-13-12-16-6-4-5-7-19(16)20(25)14-21(27)23-18-10-8-17(9-11-18)22(28)24(2)3/h4-13,20H,14H2,1-3H3,(H,23,27). The van der Waals surface area contributed by atoms with Gasteiger partial charge in [0.15, 0.2) is 0 Å². The van der Waals surface area contributed by atoms with E-state index in [4.69, 9.17) is 0 Å². The van der Waals surface area contributed by atoms with Gasteiger partial charge in [-0.05, 0) is 41.5 Å². The number of carbonyl (C=O) groups excluding carboxylic acids is 3. The van der Waals surface area contributed by atoms with Crippen LogP contribution >= 0.6 is 0 Å². The first-order valence-corrected chi connectivity index (χ1v) is 9.04. The van der Waals surface area contributed by atoms with Crippen LogP contribution in [0.2, 0.25) is 0 Å². The number of fused-ring (bicyclic) bond motifs is 1. The molecule has 0 bridgehead atoms. The zero-order chi connectivity index (χ0) is 20.3. The second kappa shape index (κ2) is 8.08. The van der Waals surface area contributed by atoms with Gasteiger partial charge < -0.3 is 15.1 Å². The molecule has 28 heavy (non-hydrogen) atoms. The Kier molecular flexibility index (Phi) is 5.59. The van der Waals surface area contributed by atoms with Crippen molar-refractivity contribution < 1.29 is 14.4 Å². The number of amides is 3. The van der Waals surface area contributed by atoms with Gasteiger partial charge in [-0.25, -0.2) is 0 Å². The fourth-order valence-corrected chi connectivity index (χ4v) is 3.26. The molecule has 0 aliphatic carbocycles. The molecule has 1 N–H and O–H groups in total. The number of anilines is 1. The normalized spacial score (nSPS) is 15.0. The van der Waals surface area contributed by atoms with Crippen LogP contribution in [-0.2, 0) is 9.59 Å². The monoisotopic (exact) mass is 377 g/mol. The summed E-state index contributed by atoms with van der Waals surface area (Å²) >= 11 is 0. The number of rotatable bonds is 4. The maximum absolute atomic E-state index is 12.6. The summed E-state index contributed by atoms with van der Waals surface area (Å²) in [5.74, 6) is -0.413. The number of hydrogen-bond acceptors (Lipinski definition) is 3. The van der Waals surface area contributed by atoms with Crippen LogP contribution in [0.5, 0.6) is 0 Å². The van der Waals surface area contributed by atoms with E-state index in [1.54, 1.807) is 49.5 Å². The smallest absolute Gasteiger partial charge is 0.253 e. The fourth-order valence-electron chi connectivity index (χ4n) is 3.26. The van der Waals surface area contributed by atoms with E-state index in [0.29, 0.717) is 11.3 Å².